The molecule has 0 heterocycles. The van der Waals surface area contributed by atoms with Crippen LogP contribution >= 0.6 is 0 Å². The summed E-state index contributed by atoms with van der Waals surface area (Å²) in [5.41, 5.74) is -1.53. The van der Waals surface area contributed by atoms with Crippen molar-refractivity contribution in [1.82, 2.24) is 0 Å². The third kappa shape index (κ3) is 8.06. The Bertz CT molecular complexity index is 1080. The number of carbonyl (C=O) groups is 1. The molecule has 0 radical (unpaired) electrons. The largest absolute Gasteiger partial charge is 0.467 e. The molecular formula is C27H24F6O4. The molecule has 0 fully saturated rings. The fraction of sp³-hybridized carbons (Fsp3) is 0.296. The second-order valence-corrected chi connectivity index (χ2v) is 8.15. The molecule has 198 valence electrons. The summed E-state index contributed by atoms with van der Waals surface area (Å²) in [5, 5.41) is 0. The first kappa shape index (κ1) is 28.2. The molecule has 0 spiro atoms. The molecule has 0 saturated heterocycles. The molecule has 0 aromatic heterocycles. The van der Waals surface area contributed by atoms with Crippen LogP contribution in [0.5, 0.6) is 0 Å². The predicted octanol–water partition coefficient (Wildman–Crippen LogP) is 6.63. The minimum Gasteiger partial charge on any atom is -0.467 e. The summed E-state index contributed by atoms with van der Waals surface area (Å²) < 4.78 is 95.3. The summed E-state index contributed by atoms with van der Waals surface area (Å²) in [6, 6.07) is 19.5. The van der Waals surface area contributed by atoms with Gasteiger partial charge in [0, 0.05) is 5.92 Å². The second kappa shape index (κ2) is 12.2. The molecule has 4 nitrogen and oxygen atoms in total. The van der Waals surface area contributed by atoms with Crippen molar-refractivity contribution in [1.29, 1.82) is 0 Å². The number of hydrogen-bond donors (Lipinski definition) is 0. The summed E-state index contributed by atoms with van der Waals surface area (Å²) >= 11 is 0. The normalized spacial score (nSPS) is 13.0. The number of halogens is 6. The average molecular weight is 526 g/mol. The maximum absolute atomic E-state index is 13.2. The van der Waals surface area contributed by atoms with Crippen LogP contribution in [0.25, 0.3) is 0 Å². The van der Waals surface area contributed by atoms with E-state index in [9.17, 15) is 31.1 Å². The summed E-state index contributed by atoms with van der Waals surface area (Å²) in [5.74, 6) is -1.11. The maximum atomic E-state index is 13.2. The van der Waals surface area contributed by atoms with Crippen LogP contribution in [0.3, 0.4) is 0 Å². The van der Waals surface area contributed by atoms with Gasteiger partial charge < -0.3 is 14.2 Å². The van der Waals surface area contributed by atoms with E-state index in [0.717, 1.165) is 11.1 Å². The van der Waals surface area contributed by atoms with Gasteiger partial charge in [-0.2, -0.15) is 26.3 Å². The number of hydrogen-bond acceptors (Lipinski definition) is 4. The number of carbonyl (C=O) groups excluding carboxylic acids is 1. The Labute approximate surface area is 209 Å². The Kier molecular flexibility index (Phi) is 9.34. The van der Waals surface area contributed by atoms with Gasteiger partial charge in [0.05, 0.1) is 37.6 Å². The highest BCUT2D eigenvalue weighted by Gasteiger charge is 2.37. The highest BCUT2D eigenvalue weighted by Crippen LogP contribution is 2.37. The topological polar surface area (TPSA) is 44.8 Å². The lowest BCUT2D eigenvalue weighted by molar-refractivity contribution is -0.149. The molecule has 3 aromatic carbocycles. The zero-order valence-corrected chi connectivity index (χ0v) is 19.7. The Hall–Kier alpha value is -3.37. The van der Waals surface area contributed by atoms with Gasteiger partial charge in [-0.15, -0.1) is 0 Å². The van der Waals surface area contributed by atoms with Crippen LogP contribution in [0.1, 0.15) is 33.7 Å². The fourth-order valence-electron chi connectivity index (χ4n) is 3.81. The van der Waals surface area contributed by atoms with Gasteiger partial charge in [-0.25, -0.2) is 4.79 Å². The number of benzene rings is 3. The molecule has 0 aliphatic rings. The lowest BCUT2D eigenvalue weighted by Crippen LogP contribution is -2.31. The summed E-state index contributed by atoms with van der Waals surface area (Å²) in [7, 11) is 1.19. The van der Waals surface area contributed by atoms with E-state index < -0.39 is 54.7 Å². The van der Waals surface area contributed by atoms with Crippen LogP contribution < -0.4 is 0 Å². The van der Waals surface area contributed by atoms with Crippen molar-refractivity contribution in [2.75, 3.05) is 20.3 Å². The highest BCUT2D eigenvalue weighted by molar-refractivity contribution is 5.70. The van der Waals surface area contributed by atoms with E-state index in [1.165, 1.54) is 7.11 Å². The Morgan fingerprint density at radius 1 is 0.784 bits per heavy atom. The molecule has 3 aromatic rings. The average Bonchev–Trinajstić information content (AvgIpc) is 2.87. The van der Waals surface area contributed by atoms with Crippen LogP contribution in [-0.2, 0) is 38.0 Å². The van der Waals surface area contributed by atoms with Crippen molar-refractivity contribution in [3.63, 3.8) is 0 Å². The standard InChI is InChI=1S/C27H24F6O4/c1-35-24(34)17-37-23(25(19-8-4-2-5-9-19)20-10-6-3-7-11-20)16-36-15-18-12-21(26(28,29)30)14-22(13-18)27(31,32)33/h2-14,23,25H,15-17H2,1H3. The lowest BCUT2D eigenvalue weighted by Gasteiger charge is -2.28. The van der Waals surface area contributed by atoms with Crippen molar-refractivity contribution in [3.8, 4) is 0 Å². The molecule has 0 saturated carbocycles. The van der Waals surface area contributed by atoms with Crippen LogP contribution in [0.4, 0.5) is 26.3 Å². The molecule has 1 unspecified atom stereocenters. The van der Waals surface area contributed by atoms with E-state index in [-0.39, 0.29) is 18.2 Å². The molecule has 0 amide bonds. The fourth-order valence-corrected chi connectivity index (χ4v) is 3.81. The van der Waals surface area contributed by atoms with Crippen molar-refractivity contribution in [2.45, 2.75) is 31.0 Å². The number of methoxy groups -OCH3 is 1. The van der Waals surface area contributed by atoms with E-state index in [2.05, 4.69) is 4.74 Å². The van der Waals surface area contributed by atoms with Crippen molar-refractivity contribution < 1.29 is 45.3 Å². The van der Waals surface area contributed by atoms with Gasteiger partial charge in [0.15, 0.2) is 0 Å². The predicted molar refractivity (Wildman–Crippen MR) is 123 cm³/mol. The minimum absolute atomic E-state index is 0.0621. The van der Waals surface area contributed by atoms with Gasteiger partial charge in [0.1, 0.15) is 6.61 Å². The number of rotatable bonds is 10. The van der Waals surface area contributed by atoms with Gasteiger partial charge in [-0.1, -0.05) is 60.7 Å². The Balaban J connectivity index is 1.89. The van der Waals surface area contributed by atoms with E-state index in [0.29, 0.717) is 12.1 Å². The van der Waals surface area contributed by atoms with E-state index in [4.69, 9.17) is 9.47 Å². The Morgan fingerprint density at radius 2 is 1.27 bits per heavy atom. The lowest BCUT2D eigenvalue weighted by atomic mass is 9.86. The monoisotopic (exact) mass is 526 g/mol. The van der Waals surface area contributed by atoms with Crippen LogP contribution in [0.15, 0.2) is 78.9 Å². The molecule has 0 bridgehead atoms. The van der Waals surface area contributed by atoms with Crippen LogP contribution in [0, 0.1) is 0 Å². The zero-order chi connectivity index (χ0) is 27.1. The smallest absolute Gasteiger partial charge is 0.416 e. The van der Waals surface area contributed by atoms with Gasteiger partial charge in [-0.3, -0.25) is 0 Å². The third-order valence-electron chi connectivity index (χ3n) is 5.53. The number of ether oxygens (including phenoxy) is 3. The Morgan fingerprint density at radius 3 is 1.70 bits per heavy atom. The van der Waals surface area contributed by atoms with Gasteiger partial charge in [-0.05, 0) is 34.9 Å². The van der Waals surface area contributed by atoms with E-state index >= 15 is 0 Å². The molecule has 37 heavy (non-hydrogen) atoms. The van der Waals surface area contributed by atoms with Crippen molar-refractivity contribution in [2.24, 2.45) is 0 Å². The van der Waals surface area contributed by atoms with Gasteiger partial charge in [0.25, 0.3) is 0 Å². The summed E-state index contributed by atoms with van der Waals surface area (Å²) in [6.45, 7) is -1.20. The number of esters is 1. The molecule has 10 heteroatoms. The van der Waals surface area contributed by atoms with Gasteiger partial charge in [0.2, 0.25) is 0 Å². The van der Waals surface area contributed by atoms with E-state index in [1.54, 1.807) is 0 Å². The first-order chi connectivity index (χ1) is 17.5. The first-order valence-electron chi connectivity index (χ1n) is 11.1. The zero-order valence-electron chi connectivity index (χ0n) is 19.7. The highest BCUT2D eigenvalue weighted by atomic mass is 19.4. The van der Waals surface area contributed by atoms with Crippen molar-refractivity contribution in [3.05, 3.63) is 107 Å². The van der Waals surface area contributed by atoms with Crippen LogP contribution in [-0.4, -0.2) is 32.4 Å². The minimum atomic E-state index is -4.96. The maximum Gasteiger partial charge on any atom is 0.416 e. The van der Waals surface area contributed by atoms with Crippen LogP contribution in [0.2, 0.25) is 0 Å². The quantitative estimate of drug-likeness (QED) is 0.220. The number of alkyl halides is 6. The van der Waals surface area contributed by atoms with Gasteiger partial charge >= 0.3 is 18.3 Å². The molecule has 0 aliphatic heterocycles. The molecule has 0 aliphatic carbocycles. The van der Waals surface area contributed by atoms with Crippen molar-refractivity contribution >= 4 is 5.97 Å². The summed E-state index contributed by atoms with van der Waals surface area (Å²) in [6.07, 6.45) is -10.8. The molecule has 1 atom stereocenters. The molecular weight excluding hydrogens is 502 g/mol. The molecule has 3 rings (SSSR count). The summed E-state index contributed by atoms with van der Waals surface area (Å²) in [4.78, 5) is 11.8. The SMILES string of the molecule is COC(=O)COC(COCc1cc(C(F)(F)F)cc(C(F)(F)F)c1)C(c1ccccc1)c1ccccc1. The van der Waals surface area contributed by atoms with E-state index in [1.807, 2.05) is 60.7 Å². The third-order valence-corrected chi connectivity index (χ3v) is 5.53. The molecule has 0 N–H and O–H groups in total. The first-order valence-corrected chi connectivity index (χ1v) is 11.1. The second-order valence-electron chi connectivity index (χ2n) is 8.15.